The van der Waals surface area contributed by atoms with Crippen LogP contribution in [-0.2, 0) is 4.43 Å². The van der Waals surface area contributed by atoms with E-state index in [4.69, 9.17) is 4.43 Å². The number of hydrogen-bond donors (Lipinski definition) is 0. The second-order valence-electron chi connectivity index (χ2n) is 7.63. The van der Waals surface area contributed by atoms with E-state index in [-0.39, 0.29) is 11.1 Å². The summed E-state index contributed by atoms with van der Waals surface area (Å²) in [5.74, 6) is 6.28. The van der Waals surface area contributed by atoms with E-state index in [1.54, 1.807) is 0 Å². The summed E-state index contributed by atoms with van der Waals surface area (Å²) >= 11 is 2.27. The minimum Gasteiger partial charge on any atom is -0.403 e. The van der Waals surface area contributed by atoms with Crippen molar-refractivity contribution in [2.75, 3.05) is 0 Å². The summed E-state index contributed by atoms with van der Waals surface area (Å²) in [6, 6.07) is 21.6. The van der Waals surface area contributed by atoms with Crippen LogP contribution in [0.3, 0.4) is 0 Å². The van der Waals surface area contributed by atoms with Crippen molar-refractivity contribution in [3.63, 3.8) is 0 Å². The molecule has 0 spiro atoms. The highest BCUT2D eigenvalue weighted by atomic mass is 127. The molecule has 0 aromatic heterocycles. The van der Waals surface area contributed by atoms with Crippen LogP contribution in [0.1, 0.15) is 40.5 Å². The average Bonchev–Trinajstić information content (AvgIpc) is 2.68. The summed E-state index contributed by atoms with van der Waals surface area (Å²) in [7, 11) is -2.52. The van der Waals surface area contributed by atoms with Crippen molar-refractivity contribution in [1.82, 2.24) is 0 Å². The van der Waals surface area contributed by atoms with Gasteiger partial charge in [-0.3, -0.25) is 0 Å². The SMILES string of the molecule is CC#CC[C@@H](C/C=C\I)O[Si](c1ccccc1)(c1ccccc1)C(C)(C)C. The molecule has 0 N–H and O–H groups in total. The van der Waals surface area contributed by atoms with Gasteiger partial charge in [0.2, 0.25) is 0 Å². The van der Waals surface area contributed by atoms with E-state index in [9.17, 15) is 0 Å². The molecule has 0 aliphatic carbocycles. The largest absolute Gasteiger partial charge is 0.403 e. The van der Waals surface area contributed by atoms with Crippen molar-refractivity contribution in [2.45, 2.75) is 51.7 Å². The normalized spacial score (nSPS) is 13.2. The van der Waals surface area contributed by atoms with E-state index < -0.39 is 8.32 Å². The first-order valence-electron chi connectivity index (χ1n) is 9.39. The summed E-state index contributed by atoms with van der Waals surface area (Å²) in [5.41, 5.74) is 0. The standard InChI is InChI=1S/C24H29IOSi/c1-5-6-14-21(15-13-20-25)26-27(24(2,3)4,22-16-9-7-10-17-22)23-18-11-8-12-19-23/h7-13,16-21H,14-15H2,1-4H3/b20-13-/t21-/m0/s1. The third-order valence-electron chi connectivity index (χ3n) is 4.75. The predicted molar refractivity (Wildman–Crippen MR) is 128 cm³/mol. The zero-order chi connectivity index (χ0) is 19.8. The van der Waals surface area contributed by atoms with Crippen LogP contribution < -0.4 is 10.4 Å². The Hall–Kier alpha value is -1.35. The fourth-order valence-corrected chi connectivity index (χ4v) is 8.52. The first-order chi connectivity index (χ1) is 13.0. The molecule has 0 saturated carbocycles. The Labute approximate surface area is 179 Å². The number of benzene rings is 2. The zero-order valence-corrected chi connectivity index (χ0v) is 19.9. The molecule has 0 unspecified atom stereocenters. The fraction of sp³-hybridized carbons (Fsp3) is 0.333. The lowest BCUT2D eigenvalue weighted by molar-refractivity contribution is 0.196. The van der Waals surface area contributed by atoms with Gasteiger partial charge in [0.15, 0.2) is 0 Å². The highest BCUT2D eigenvalue weighted by Crippen LogP contribution is 2.38. The monoisotopic (exact) mass is 488 g/mol. The van der Waals surface area contributed by atoms with Crippen LogP contribution in [0.2, 0.25) is 5.04 Å². The molecule has 142 valence electrons. The second-order valence-corrected chi connectivity index (χ2v) is 12.6. The highest BCUT2D eigenvalue weighted by molar-refractivity contribution is 14.1. The molecule has 1 nitrogen and oxygen atoms in total. The highest BCUT2D eigenvalue weighted by Gasteiger charge is 2.51. The van der Waals surface area contributed by atoms with Crippen molar-refractivity contribution in [3.05, 3.63) is 70.8 Å². The third kappa shape index (κ3) is 5.34. The van der Waals surface area contributed by atoms with Gasteiger partial charge in [0.25, 0.3) is 8.32 Å². The van der Waals surface area contributed by atoms with Crippen LogP contribution in [0.4, 0.5) is 0 Å². The molecule has 0 radical (unpaired) electrons. The lowest BCUT2D eigenvalue weighted by atomic mass is 10.2. The first kappa shape index (κ1) is 21.9. The Morgan fingerprint density at radius 1 is 1.00 bits per heavy atom. The van der Waals surface area contributed by atoms with Crippen molar-refractivity contribution in [1.29, 1.82) is 0 Å². The van der Waals surface area contributed by atoms with Gasteiger partial charge in [0.05, 0.1) is 6.10 Å². The average molecular weight is 488 g/mol. The Balaban J connectivity index is 2.64. The maximum absolute atomic E-state index is 7.16. The smallest absolute Gasteiger partial charge is 0.261 e. The van der Waals surface area contributed by atoms with Gasteiger partial charge in [-0.05, 0) is 32.8 Å². The van der Waals surface area contributed by atoms with E-state index in [2.05, 4.69) is 126 Å². The van der Waals surface area contributed by atoms with Crippen LogP contribution in [0.15, 0.2) is 70.8 Å². The summed E-state index contributed by atoms with van der Waals surface area (Å²) < 4.78 is 9.23. The summed E-state index contributed by atoms with van der Waals surface area (Å²) in [6.45, 7) is 8.84. The van der Waals surface area contributed by atoms with Crippen LogP contribution >= 0.6 is 22.6 Å². The predicted octanol–water partition coefficient (Wildman–Crippen LogP) is 5.68. The lowest BCUT2D eigenvalue weighted by Crippen LogP contribution is -2.67. The van der Waals surface area contributed by atoms with Crippen molar-refractivity contribution in [3.8, 4) is 11.8 Å². The van der Waals surface area contributed by atoms with Crippen LogP contribution in [0.5, 0.6) is 0 Å². The van der Waals surface area contributed by atoms with Gasteiger partial charge in [-0.15, -0.1) is 11.8 Å². The van der Waals surface area contributed by atoms with Crippen molar-refractivity contribution in [2.24, 2.45) is 0 Å². The molecule has 3 heteroatoms. The molecule has 2 rings (SSSR count). The van der Waals surface area contributed by atoms with Gasteiger partial charge in [-0.25, -0.2) is 0 Å². The molecule has 1 atom stereocenters. The Kier molecular flexibility index (Phi) is 8.34. The molecule has 27 heavy (non-hydrogen) atoms. The topological polar surface area (TPSA) is 9.23 Å². The zero-order valence-electron chi connectivity index (χ0n) is 16.7. The number of halogens is 1. The van der Waals surface area contributed by atoms with Crippen LogP contribution in [0.25, 0.3) is 0 Å². The maximum Gasteiger partial charge on any atom is 0.261 e. The lowest BCUT2D eigenvalue weighted by Gasteiger charge is -2.45. The maximum atomic E-state index is 7.16. The van der Waals surface area contributed by atoms with Gasteiger partial charge >= 0.3 is 0 Å². The molecular weight excluding hydrogens is 459 g/mol. The molecular formula is C24H29IOSi. The molecule has 0 saturated heterocycles. The van der Waals surface area contributed by atoms with Gasteiger partial charge in [-0.1, -0.05) is 110 Å². The Bertz CT molecular complexity index is 742. The summed E-state index contributed by atoms with van der Waals surface area (Å²) in [5, 5.41) is 2.62. The molecule has 0 heterocycles. The molecule has 0 aliphatic rings. The number of hydrogen-bond acceptors (Lipinski definition) is 1. The van der Waals surface area contributed by atoms with E-state index in [0.717, 1.165) is 12.8 Å². The van der Waals surface area contributed by atoms with E-state index >= 15 is 0 Å². The minimum atomic E-state index is -2.52. The molecule has 0 amide bonds. The van der Waals surface area contributed by atoms with Crippen molar-refractivity contribution < 1.29 is 4.43 Å². The van der Waals surface area contributed by atoms with Gasteiger partial charge in [0.1, 0.15) is 0 Å². The van der Waals surface area contributed by atoms with Crippen LogP contribution in [-0.4, -0.2) is 14.4 Å². The molecule has 2 aromatic rings. The van der Waals surface area contributed by atoms with E-state index in [1.165, 1.54) is 10.4 Å². The number of rotatable bonds is 7. The van der Waals surface area contributed by atoms with E-state index in [1.807, 2.05) is 6.92 Å². The molecule has 0 fully saturated rings. The van der Waals surface area contributed by atoms with Crippen molar-refractivity contribution >= 4 is 41.3 Å². The van der Waals surface area contributed by atoms with Gasteiger partial charge in [-0.2, -0.15) is 0 Å². The Morgan fingerprint density at radius 3 is 1.93 bits per heavy atom. The quantitative estimate of drug-likeness (QED) is 0.277. The second kappa shape index (κ2) is 10.3. The first-order valence-corrected chi connectivity index (χ1v) is 12.5. The molecule has 0 aliphatic heterocycles. The van der Waals surface area contributed by atoms with Crippen LogP contribution in [0, 0.1) is 11.8 Å². The molecule has 0 bridgehead atoms. The fourth-order valence-electron chi connectivity index (χ4n) is 3.53. The molecule has 2 aromatic carbocycles. The third-order valence-corrected chi connectivity index (χ3v) is 10.4. The minimum absolute atomic E-state index is 0.0123. The van der Waals surface area contributed by atoms with E-state index in [0.29, 0.717) is 0 Å². The summed E-state index contributed by atoms with van der Waals surface area (Å²) in [4.78, 5) is 0. The van der Waals surface area contributed by atoms with Gasteiger partial charge < -0.3 is 4.43 Å². The Morgan fingerprint density at radius 2 is 1.52 bits per heavy atom. The van der Waals surface area contributed by atoms with Gasteiger partial charge in [0, 0.05) is 6.42 Å². The summed E-state index contributed by atoms with van der Waals surface area (Å²) in [6.07, 6.45) is 3.89.